The van der Waals surface area contributed by atoms with Crippen molar-refractivity contribution < 1.29 is 14.0 Å². The van der Waals surface area contributed by atoms with Gasteiger partial charge in [-0.15, -0.1) is 11.3 Å². The SMILES string of the molecule is O=C1NC2=C(C(=O)N(Cc3cccs3)C2)[C@@H](c2cccc(F)c2)N1. The van der Waals surface area contributed by atoms with Gasteiger partial charge >= 0.3 is 6.03 Å². The molecule has 2 aliphatic rings. The largest absolute Gasteiger partial charge is 0.328 e. The molecular weight excluding hydrogens is 329 g/mol. The standard InChI is InChI=1S/C17H14FN3O2S/c18-11-4-1-3-10(7-11)15-14-13(19-17(23)20-15)9-21(16(14)22)8-12-5-2-6-24-12/h1-7,15H,8-9H2,(H2,19,20,23)/t15-/m1/s1. The number of rotatable bonds is 3. The van der Waals surface area contributed by atoms with Gasteiger partial charge in [-0.25, -0.2) is 9.18 Å². The number of carbonyl (C=O) groups is 2. The Kier molecular flexibility index (Phi) is 3.57. The van der Waals surface area contributed by atoms with Crippen LogP contribution in [0.2, 0.25) is 0 Å². The topological polar surface area (TPSA) is 61.4 Å². The lowest BCUT2D eigenvalue weighted by Gasteiger charge is -2.25. The fraction of sp³-hybridized carbons (Fsp3) is 0.176. The van der Waals surface area contributed by atoms with Crippen molar-refractivity contribution in [2.75, 3.05) is 6.54 Å². The molecule has 3 amide bonds. The number of thiophene rings is 1. The first kappa shape index (κ1) is 14.9. The number of amides is 3. The first-order valence-electron chi connectivity index (χ1n) is 7.49. The summed E-state index contributed by atoms with van der Waals surface area (Å²) in [6, 6.07) is 8.85. The molecule has 7 heteroatoms. The molecule has 1 aromatic carbocycles. The van der Waals surface area contributed by atoms with Crippen LogP contribution in [-0.4, -0.2) is 23.4 Å². The fourth-order valence-corrected chi connectivity index (χ4v) is 3.80. The van der Waals surface area contributed by atoms with Crippen molar-refractivity contribution in [3.8, 4) is 0 Å². The summed E-state index contributed by atoms with van der Waals surface area (Å²) in [5.41, 5.74) is 1.63. The van der Waals surface area contributed by atoms with Crippen molar-refractivity contribution in [1.82, 2.24) is 15.5 Å². The molecule has 0 spiro atoms. The summed E-state index contributed by atoms with van der Waals surface area (Å²) < 4.78 is 13.6. The quantitative estimate of drug-likeness (QED) is 0.900. The van der Waals surface area contributed by atoms with Gasteiger partial charge < -0.3 is 15.5 Å². The van der Waals surface area contributed by atoms with Crippen molar-refractivity contribution in [3.63, 3.8) is 0 Å². The van der Waals surface area contributed by atoms with Gasteiger partial charge in [0.1, 0.15) is 5.82 Å². The maximum atomic E-state index is 13.6. The van der Waals surface area contributed by atoms with E-state index in [1.807, 2.05) is 17.5 Å². The molecule has 0 radical (unpaired) electrons. The van der Waals surface area contributed by atoms with E-state index in [-0.39, 0.29) is 11.9 Å². The number of hydrogen-bond donors (Lipinski definition) is 2. The maximum Gasteiger partial charge on any atom is 0.319 e. The maximum absolute atomic E-state index is 13.6. The molecule has 5 nitrogen and oxygen atoms in total. The van der Waals surface area contributed by atoms with E-state index in [1.54, 1.807) is 28.4 Å². The number of halogens is 1. The average Bonchev–Trinajstić information content (AvgIpc) is 3.16. The Balaban J connectivity index is 1.66. The predicted octanol–water partition coefficient (Wildman–Crippen LogP) is 2.54. The van der Waals surface area contributed by atoms with Crippen LogP contribution in [-0.2, 0) is 11.3 Å². The molecule has 0 saturated heterocycles. The van der Waals surface area contributed by atoms with Gasteiger partial charge in [0.2, 0.25) is 0 Å². The van der Waals surface area contributed by atoms with Gasteiger partial charge in [-0.1, -0.05) is 18.2 Å². The lowest BCUT2D eigenvalue weighted by molar-refractivity contribution is -0.126. The van der Waals surface area contributed by atoms with Crippen molar-refractivity contribution in [2.45, 2.75) is 12.6 Å². The van der Waals surface area contributed by atoms with E-state index in [9.17, 15) is 14.0 Å². The minimum absolute atomic E-state index is 0.139. The fourth-order valence-electron chi connectivity index (χ4n) is 3.08. The van der Waals surface area contributed by atoms with Gasteiger partial charge in [-0.3, -0.25) is 4.79 Å². The summed E-state index contributed by atoms with van der Waals surface area (Å²) in [6.45, 7) is 0.848. The van der Waals surface area contributed by atoms with Crippen LogP contribution in [0.15, 0.2) is 53.0 Å². The molecule has 0 bridgehead atoms. The second-order valence-electron chi connectivity index (χ2n) is 5.72. The molecule has 2 N–H and O–H groups in total. The summed E-state index contributed by atoms with van der Waals surface area (Å²) in [7, 11) is 0. The molecule has 2 aromatic rings. The summed E-state index contributed by atoms with van der Waals surface area (Å²) in [5, 5.41) is 7.39. The molecule has 2 aliphatic heterocycles. The van der Waals surface area contributed by atoms with Crippen LogP contribution >= 0.6 is 11.3 Å². The second kappa shape index (κ2) is 5.76. The molecule has 1 atom stereocenters. The Morgan fingerprint density at radius 3 is 2.88 bits per heavy atom. The lowest BCUT2D eigenvalue weighted by atomic mass is 9.96. The number of benzene rings is 1. The third-order valence-electron chi connectivity index (χ3n) is 4.13. The Morgan fingerprint density at radius 2 is 2.12 bits per heavy atom. The molecule has 0 aliphatic carbocycles. The van der Waals surface area contributed by atoms with E-state index in [4.69, 9.17) is 0 Å². The van der Waals surface area contributed by atoms with Crippen LogP contribution in [0.3, 0.4) is 0 Å². The van der Waals surface area contributed by atoms with Gasteiger partial charge in [-0.05, 0) is 29.1 Å². The van der Waals surface area contributed by atoms with Gasteiger partial charge in [-0.2, -0.15) is 0 Å². The van der Waals surface area contributed by atoms with E-state index >= 15 is 0 Å². The molecule has 4 rings (SSSR count). The highest BCUT2D eigenvalue weighted by molar-refractivity contribution is 7.09. The third kappa shape index (κ3) is 2.56. The Bertz CT molecular complexity index is 847. The van der Waals surface area contributed by atoms with E-state index in [1.165, 1.54) is 12.1 Å². The van der Waals surface area contributed by atoms with Gasteiger partial charge in [0.05, 0.1) is 30.4 Å². The summed E-state index contributed by atoms with van der Waals surface area (Å²) >= 11 is 1.58. The normalized spacial score (nSPS) is 20.0. The van der Waals surface area contributed by atoms with Crippen LogP contribution in [0.5, 0.6) is 0 Å². The van der Waals surface area contributed by atoms with Crippen molar-refractivity contribution in [3.05, 3.63) is 69.3 Å². The number of nitrogens with one attached hydrogen (secondary N) is 2. The minimum atomic E-state index is -0.634. The van der Waals surface area contributed by atoms with Crippen LogP contribution in [0.25, 0.3) is 0 Å². The molecule has 3 heterocycles. The average molecular weight is 343 g/mol. The zero-order chi connectivity index (χ0) is 16.7. The van der Waals surface area contributed by atoms with Gasteiger partial charge in [0, 0.05) is 4.88 Å². The van der Waals surface area contributed by atoms with E-state index in [2.05, 4.69) is 10.6 Å². The summed E-state index contributed by atoms with van der Waals surface area (Å²) in [5.74, 6) is -0.538. The van der Waals surface area contributed by atoms with Gasteiger partial charge in [0.25, 0.3) is 5.91 Å². The molecule has 122 valence electrons. The highest BCUT2D eigenvalue weighted by Gasteiger charge is 2.40. The summed E-state index contributed by atoms with van der Waals surface area (Å²) in [4.78, 5) is 27.5. The van der Waals surface area contributed by atoms with Crippen LogP contribution in [0, 0.1) is 5.82 Å². The highest BCUT2D eigenvalue weighted by Crippen LogP contribution is 2.33. The first-order chi connectivity index (χ1) is 11.6. The van der Waals surface area contributed by atoms with Gasteiger partial charge in [0.15, 0.2) is 0 Å². The second-order valence-corrected chi connectivity index (χ2v) is 6.75. The van der Waals surface area contributed by atoms with Crippen molar-refractivity contribution in [1.29, 1.82) is 0 Å². The molecule has 1 aromatic heterocycles. The van der Waals surface area contributed by atoms with E-state index in [0.29, 0.717) is 29.9 Å². The summed E-state index contributed by atoms with van der Waals surface area (Å²) in [6.07, 6.45) is 0. The smallest absolute Gasteiger partial charge is 0.319 e. The Hall–Kier alpha value is -2.67. The molecule has 24 heavy (non-hydrogen) atoms. The number of carbonyl (C=O) groups excluding carboxylic acids is 2. The monoisotopic (exact) mass is 343 g/mol. The minimum Gasteiger partial charge on any atom is -0.328 e. The Morgan fingerprint density at radius 1 is 1.25 bits per heavy atom. The van der Waals surface area contributed by atoms with E-state index in [0.717, 1.165) is 4.88 Å². The molecular formula is C17H14FN3O2S. The zero-order valence-corrected chi connectivity index (χ0v) is 13.4. The molecule has 0 fully saturated rings. The lowest BCUT2D eigenvalue weighted by Crippen LogP contribution is -2.44. The van der Waals surface area contributed by atoms with Crippen molar-refractivity contribution in [2.24, 2.45) is 0 Å². The molecule has 0 saturated carbocycles. The number of nitrogens with zero attached hydrogens (tertiary/aromatic N) is 1. The van der Waals surface area contributed by atoms with Crippen LogP contribution in [0.4, 0.5) is 9.18 Å². The van der Waals surface area contributed by atoms with E-state index < -0.39 is 11.9 Å². The van der Waals surface area contributed by atoms with Crippen LogP contribution < -0.4 is 10.6 Å². The predicted molar refractivity (Wildman–Crippen MR) is 87.6 cm³/mol. The van der Waals surface area contributed by atoms with Crippen molar-refractivity contribution >= 4 is 23.3 Å². The highest BCUT2D eigenvalue weighted by atomic mass is 32.1. The first-order valence-corrected chi connectivity index (χ1v) is 8.37. The Labute approximate surface area is 141 Å². The number of urea groups is 1. The molecule has 0 unspecified atom stereocenters. The number of hydrogen-bond acceptors (Lipinski definition) is 3. The zero-order valence-electron chi connectivity index (χ0n) is 12.6. The van der Waals surface area contributed by atoms with Crippen LogP contribution in [0.1, 0.15) is 16.5 Å². The third-order valence-corrected chi connectivity index (χ3v) is 4.99.